The topological polar surface area (TPSA) is 50.9 Å². The fourth-order valence-corrected chi connectivity index (χ4v) is 2.32. The third-order valence-electron chi connectivity index (χ3n) is 1.29. The Balaban J connectivity index is 2.76. The van der Waals surface area contributed by atoms with Gasteiger partial charge in [-0.3, -0.25) is 0 Å². The monoisotopic (exact) mass is 201 g/mol. The summed E-state index contributed by atoms with van der Waals surface area (Å²) in [5.41, 5.74) is 5.64. The minimum atomic E-state index is 0.610. The van der Waals surface area contributed by atoms with E-state index in [1.54, 1.807) is 17.8 Å². The van der Waals surface area contributed by atoms with Crippen molar-refractivity contribution in [3.8, 4) is 0 Å². The number of rotatable bonds is 4. The van der Waals surface area contributed by atoms with Gasteiger partial charge in [-0.05, 0) is 17.8 Å². The quantitative estimate of drug-likeness (QED) is 0.578. The lowest BCUT2D eigenvalue weighted by Crippen LogP contribution is -1.96. The van der Waals surface area contributed by atoms with Crippen molar-refractivity contribution in [2.75, 3.05) is 23.9 Å². The summed E-state index contributed by atoms with van der Waals surface area (Å²) in [6.45, 7) is 4.37. The average molecular weight is 201 g/mol. The third-order valence-corrected chi connectivity index (χ3v) is 3.05. The predicted octanol–water partition coefficient (Wildman–Crippen LogP) is 2.05. The Kier molecular flexibility index (Phi) is 3.43. The van der Waals surface area contributed by atoms with Crippen LogP contribution in [0.3, 0.4) is 0 Å². The summed E-state index contributed by atoms with van der Waals surface area (Å²) in [7, 11) is 0. The number of nitrogens with two attached hydrogens (primary N) is 1. The fourth-order valence-electron chi connectivity index (χ4n) is 0.769. The molecule has 3 nitrogen and oxygen atoms in total. The maximum absolute atomic E-state index is 5.64. The molecule has 0 atom stereocenters. The van der Waals surface area contributed by atoms with Gasteiger partial charge in [0.05, 0.1) is 4.90 Å². The maximum Gasteiger partial charge on any atom is 0.153 e. The van der Waals surface area contributed by atoms with Crippen molar-refractivity contribution in [3.63, 3.8) is 0 Å². The molecular formula is C7H11N3S2. The number of hydrogen-bond donors (Lipinski definition) is 2. The van der Waals surface area contributed by atoms with Crippen LogP contribution >= 0.6 is 23.3 Å². The average Bonchev–Trinajstić information content (AvgIpc) is 2.43. The number of nitrogens with one attached hydrogen (secondary N) is 1. The van der Waals surface area contributed by atoms with Crippen molar-refractivity contribution in [1.29, 1.82) is 0 Å². The summed E-state index contributed by atoms with van der Waals surface area (Å²) < 4.78 is 4.04. The van der Waals surface area contributed by atoms with Crippen molar-refractivity contribution in [1.82, 2.24) is 4.37 Å². The molecule has 0 spiro atoms. The lowest BCUT2D eigenvalue weighted by Gasteiger charge is -2.00. The van der Waals surface area contributed by atoms with E-state index in [-0.39, 0.29) is 0 Å². The zero-order valence-electron chi connectivity index (χ0n) is 6.83. The van der Waals surface area contributed by atoms with Crippen LogP contribution in [0.15, 0.2) is 17.6 Å². The molecule has 66 valence electrons. The highest BCUT2D eigenvalue weighted by Gasteiger charge is 2.08. The Bertz CT molecular complexity index is 270. The molecule has 0 radical (unpaired) electrons. The van der Waals surface area contributed by atoms with Gasteiger partial charge in [0.25, 0.3) is 0 Å². The Morgan fingerprint density at radius 3 is 3.17 bits per heavy atom. The SMILES string of the molecule is C=CCNc1snc(N)c1SC. The number of anilines is 2. The molecule has 0 unspecified atom stereocenters. The normalized spacial score (nSPS) is 9.75. The molecule has 1 heterocycles. The van der Waals surface area contributed by atoms with Gasteiger partial charge in [-0.15, -0.1) is 18.3 Å². The molecule has 0 fully saturated rings. The molecule has 0 amide bonds. The molecule has 1 aromatic heterocycles. The van der Waals surface area contributed by atoms with Gasteiger partial charge in [-0.1, -0.05) is 6.08 Å². The first-order valence-electron chi connectivity index (χ1n) is 3.43. The molecule has 1 rings (SSSR count). The van der Waals surface area contributed by atoms with E-state index in [4.69, 9.17) is 5.73 Å². The Morgan fingerprint density at radius 1 is 1.83 bits per heavy atom. The second kappa shape index (κ2) is 4.37. The van der Waals surface area contributed by atoms with Gasteiger partial charge in [0, 0.05) is 6.54 Å². The van der Waals surface area contributed by atoms with E-state index >= 15 is 0 Å². The van der Waals surface area contributed by atoms with E-state index in [0.29, 0.717) is 5.82 Å². The Labute approximate surface area is 80.2 Å². The molecular weight excluding hydrogens is 190 g/mol. The minimum absolute atomic E-state index is 0.610. The van der Waals surface area contributed by atoms with Crippen LogP contribution in [0.25, 0.3) is 0 Å². The number of thioether (sulfide) groups is 1. The van der Waals surface area contributed by atoms with Gasteiger partial charge >= 0.3 is 0 Å². The predicted molar refractivity (Wildman–Crippen MR) is 57.0 cm³/mol. The standard InChI is InChI=1S/C7H11N3S2/c1-3-4-9-7-5(11-2)6(8)10-12-7/h3,9H,1,4H2,2H3,(H2,8,10). The van der Waals surface area contributed by atoms with Crippen LogP contribution in [0.4, 0.5) is 10.8 Å². The van der Waals surface area contributed by atoms with Crippen LogP contribution in [0.2, 0.25) is 0 Å². The second-order valence-electron chi connectivity index (χ2n) is 2.10. The first-order valence-corrected chi connectivity index (χ1v) is 5.43. The molecule has 12 heavy (non-hydrogen) atoms. The molecule has 1 aromatic rings. The van der Waals surface area contributed by atoms with Crippen LogP contribution in [0.1, 0.15) is 0 Å². The summed E-state index contributed by atoms with van der Waals surface area (Å²) in [5, 5.41) is 4.20. The highest BCUT2D eigenvalue weighted by Crippen LogP contribution is 2.34. The lowest BCUT2D eigenvalue weighted by molar-refractivity contribution is 1.33. The molecule has 0 aliphatic heterocycles. The minimum Gasteiger partial charge on any atom is -0.382 e. The summed E-state index contributed by atoms with van der Waals surface area (Å²) in [6, 6.07) is 0. The van der Waals surface area contributed by atoms with Crippen molar-refractivity contribution >= 4 is 34.1 Å². The second-order valence-corrected chi connectivity index (χ2v) is 3.69. The van der Waals surface area contributed by atoms with Gasteiger partial charge in [0.15, 0.2) is 5.82 Å². The summed E-state index contributed by atoms with van der Waals surface area (Å²) in [6.07, 6.45) is 3.79. The molecule has 0 saturated heterocycles. The Morgan fingerprint density at radius 2 is 2.58 bits per heavy atom. The molecule has 0 saturated carbocycles. The van der Waals surface area contributed by atoms with Crippen LogP contribution < -0.4 is 11.1 Å². The van der Waals surface area contributed by atoms with Gasteiger partial charge in [0.1, 0.15) is 5.00 Å². The lowest BCUT2D eigenvalue weighted by atomic mass is 10.5. The van der Waals surface area contributed by atoms with E-state index in [1.165, 1.54) is 11.5 Å². The highest BCUT2D eigenvalue weighted by molar-refractivity contribution is 7.99. The first kappa shape index (κ1) is 9.41. The van der Waals surface area contributed by atoms with Gasteiger partial charge < -0.3 is 11.1 Å². The largest absolute Gasteiger partial charge is 0.382 e. The van der Waals surface area contributed by atoms with E-state index in [2.05, 4.69) is 16.3 Å². The number of aromatic nitrogens is 1. The third kappa shape index (κ3) is 1.92. The molecule has 3 N–H and O–H groups in total. The molecule has 0 aliphatic rings. The zero-order chi connectivity index (χ0) is 8.97. The molecule has 5 heteroatoms. The van der Waals surface area contributed by atoms with Crippen molar-refractivity contribution in [2.45, 2.75) is 4.90 Å². The summed E-state index contributed by atoms with van der Waals surface area (Å²) >= 11 is 2.99. The van der Waals surface area contributed by atoms with Gasteiger partial charge in [-0.25, -0.2) is 0 Å². The van der Waals surface area contributed by atoms with Gasteiger partial charge in [-0.2, -0.15) is 4.37 Å². The molecule has 0 bridgehead atoms. The zero-order valence-corrected chi connectivity index (χ0v) is 8.47. The Hall–Kier alpha value is -0.680. The van der Waals surface area contributed by atoms with E-state index < -0.39 is 0 Å². The van der Waals surface area contributed by atoms with Gasteiger partial charge in [0.2, 0.25) is 0 Å². The van der Waals surface area contributed by atoms with Crippen molar-refractivity contribution < 1.29 is 0 Å². The number of nitrogens with zero attached hydrogens (tertiary/aromatic N) is 1. The maximum atomic E-state index is 5.64. The smallest absolute Gasteiger partial charge is 0.153 e. The van der Waals surface area contributed by atoms with Crippen LogP contribution in [0.5, 0.6) is 0 Å². The molecule has 0 aliphatic carbocycles. The van der Waals surface area contributed by atoms with Crippen molar-refractivity contribution in [3.05, 3.63) is 12.7 Å². The summed E-state index contributed by atoms with van der Waals surface area (Å²) in [5.74, 6) is 0.610. The van der Waals surface area contributed by atoms with Crippen LogP contribution in [-0.4, -0.2) is 17.2 Å². The summed E-state index contributed by atoms with van der Waals surface area (Å²) in [4.78, 5) is 1.03. The van der Waals surface area contributed by atoms with E-state index in [0.717, 1.165) is 16.4 Å². The fraction of sp³-hybridized carbons (Fsp3) is 0.286. The first-order chi connectivity index (χ1) is 5.79. The number of nitrogen functional groups attached to an aromatic ring is 1. The van der Waals surface area contributed by atoms with E-state index in [9.17, 15) is 0 Å². The number of hydrogen-bond acceptors (Lipinski definition) is 5. The molecule has 0 aromatic carbocycles. The van der Waals surface area contributed by atoms with E-state index in [1.807, 2.05) is 6.26 Å². The highest BCUT2D eigenvalue weighted by atomic mass is 32.2. The van der Waals surface area contributed by atoms with Crippen molar-refractivity contribution in [2.24, 2.45) is 0 Å². The van der Waals surface area contributed by atoms with Crippen LogP contribution in [-0.2, 0) is 0 Å². The van der Waals surface area contributed by atoms with Crippen LogP contribution in [0, 0.1) is 0 Å².